The minimum absolute atomic E-state index is 0.150. The first-order chi connectivity index (χ1) is 9.40. The molecule has 6 nitrogen and oxygen atoms in total. The van der Waals surface area contributed by atoms with E-state index in [0.29, 0.717) is 0 Å². The van der Waals surface area contributed by atoms with E-state index in [1.165, 1.54) is 0 Å². The number of aromatic carboxylic acids is 1. The average molecular weight is 303 g/mol. The van der Waals surface area contributed by atoms with Gasteiger partial charge < -0.3 is 9.52 Å². The molecule has 0 spiro atoms. The van der Waals surface area contributed by atoms with E-state index in [-0.39, 0.29) is 16.9 Å². The van der Waals surface area contributed by atoms with Gasteiger partial charge in [0.2, 0.25) is 10.9 Å². The summed E-state index contributed by atoms with van der Waals surface area (Å²) in [5.41, 5.74) is 0. The number of rotatable bonds is 9. The number of furan rings is 1. The number of carboxylic acids is 1. The van der Waals surface area contributed by atoms with Gasteiger partial charge in [-0.25, -0.2) is 17.9 Å². The van der Waals surface area contributed by atoms with Crippen molar-refractivity contribution in [3.8, 4) is 0 Å². The molecular formula is C13H21NO5S. The topological polar surface area (TPSA) is 96.6 Å². The van der Waals surface area contributed by atoms with E-state index >= 15 is 0 Å². The van der Waals surface area contributed by atoms with Gasteiger partial charge in [-0.05, 0) is 25.0 Å². The Hall–Kier alpha value is -1.34. The Morgan fingerprint density at radius 3 is 2.50 bits per heavy atom. The quantitative estimate of drug-likeness (QED) is 0.731. The fourth-order valence-electron chi connectivity index (χ4n) is 1.92. The molecule has 1 aromatic heterocycles. The molecule has 0 aliphatic heterocycles. The van der Waals surface area contributed by atoms with Crippen molar-refractivity contribution in [1.82, 2.24) is 4.72 Å². The highest BCUT2D eigenvalue weighted by atomic mass is 32.2. The van der Waals surface area contributed by atoms with Gasteiger partial charge >= 0.3 is 5.97 Å². The zero-order valence-corrected chi connectivity index (χ0v) is 12.6. The molecule has 0 aliphatic carbocycles. The molecule has 0 fully saturated rings. The second-order valence-corrected chi connectivity index (χ2v) is 6.32. The van der Waals surface area contributed by atoms with Crippen molar-refractivity contribution in [2.45, 2.75) is 57.1 Å². The van der Waals surface area contributed by atoms with E-state index in [4.69, 9.17) is 9.52 Å². The van der Waals surface area contributed by atoms with Gasteiger partial charge in [-0.2, -0.15) is 0 Å². The Balaban J connectivity index is 2.82. The van der Waals surface area contributed by atoms with Crippen molar-refractivity contribution >= 4 is 16.0 Å². The highest BCUT2D eigenvalue weighted by Crippen LogP contribution is 2.16. The van der Waals surface area contributed by atoms with Crippen LogP contribution in [-0.2, 0) is 10.0 Å². The molecule has 114 valence electrons. The summed E-state index contributed by atoms with van der Waals surface area (Å²) >= 11 is 0. The Bertz CT molecular complexity index is 535. The van der Waals surface area contributed by atoms with Crippen LogP contribution in [0.4, 0.5) is 0 Å². The van der Waals surface area contributed by atoms with E-state index in [0.717, 1.165) is 44.2 Å². The third-order valence-electron chi connectivity index (χ3n) is 2.92. The lowest BCUT2D eigenvalue weighted by atomic mass is 10.1. The summed E-state index contributed by atoms with van der Waals surface area (Å²) in [6, 6.07) is 2.15. The smallest absolute Gasteiger partial charge is 0.371 e. The standard InChI is InChI=1S/C13H21NO5S/c1-3-5-7-10(6-4-2)14-20(17,18)12-9-8-11(19-12)13(15)16/h8-10,14H,3-7H2,1-2H3,(H,15,16). The molecule has 0 saturated carbocycles. The zero-order chi connectivity index (χ0) is 15.2. The predicted octanol–water partition coefficient (Wildman–Crippen LogP) is 2.62. The summed E-state index contributed by atoms with van der Waals surface area (Å²) in [5, 5.41) is 8.38. The molecule has 1 heterocycles. The molecule has 0 amide bonds. The molecule has 0 radical (unpaired) electrons. The lowest BCUT2D eigenvalue weighted by Gasteiger charge is -2.16. The molecule has 1 rings (SSSR count). The largest absolute Gasteiger partial charge is 0.475 e. The van der Waals surface area contributed by atoms with Crippen LogP contribution < -0.4 is 4.72 Å². The second-order valence-electron chi connectivity index (χ2n) is 4.67. The molecule has 1 unspecified atom stereocenters. The maximum absolute atomic E-state index is 12.1. The van der Waals surface area contributed by atoms with Crippen LogP contribution in [0.15, 0.2) is 21.6 Å². The predicted molar refractivity (Wildman–Crippen MR) is 74.2 cm³/mol. The Morgan fingerprint density at radius 2 is 2.00 bits per heavy atom. The van der Waals surface area contributed by atoms with Crippen LogP contribution in [0, 0.1) is 0 Å². The van der Waals surface area contributed by atoms with Crippen molar-refractivity contribution in [2.75, 3.05) is 0 Å². The fourth-order valence-corrected chi connectivity index (χ4v) is 3.16. The molecule has 0 saturated heterocycles. The van der Waals surface area contributed by atoms with Crippen LogP contribution in [0.5, 0.6) is 0 Å². The number of hydrogen-bond acceptors (Lipinski definition) is 4. The summed E-state index contributed by atoms with van der Waals surface area (Å²) in [6.45, 7) is 4.03. The first-order valence-electron chi connectivity index (χ1n) is 6.76. The van der Waals surface area contributed by atoms with Gasteiger partial charge in [-0.1, -0.05) is 33.1 Å². The van der Waals surface area contributed by atoms with Gasteiger partial charge in [0, 0.05) is 6.04 Å². The minimum atomic E-state index is -3.80. The van der Waals surface area contributed by atoms with Gasteiger partial charge in [0.05, 0.1) is 0 Å². The summed E-state index contributed by atoms with van der Waals surface area (Å²) in [6.07, 6.45) is 4.30. The number of unbranched alkanes of at least 4 members (excludes halogenated alkanes) is 1. The van der Waals surface area contributed by atoms with Crippen LogP contribution in [0.3, 0.4) is 0 Å². The number of nitrogens with one attached hydrogen (secondary N) is 1. The van der Waals surface area contributed by atoms with Gasteiger partial charge in [-0.3, -0.25) is 0 Å². The molecule has 1 aromatic rings. The van der Waals surface area contributed by atoms with E-state index in [1.807, 2.05) is 13.8 Å². The maximum atomic E-state index is 12.1. The number of carbonyl (C=O) groups is 1. The van der Waals surface area contributed by atoms with Gasteiger partial charge in [0.1, 0.15) is 0 Å². The maximum Gasteiger partial charge on any atom is 0.371 e. The molecule has 1 atom stereocenters. The molecule has 7 heteroatoms. The van der Waals surface area contributed by atoms with Gasteiger partial charge in [0.15, 0.2) is 0 Å². The average Bonchev–Trinajstić information content (AvgIpc) is 2.86. The van der Waals surface area contributed by atoms with E-state index in [1.54, 1.807) is 0 Å². The van der Waals surface area contributed by atoms with Crippen LogP contribution in [-0.4, -0.2) is 25.5 Å². The Labute approximate surface area is 119 Å². The lowest BCUT2D eigenvalue weighted by molar-refractivity contribution is 0.0656. The van der Waals surface area contributed by atoms with E-state index < -0.39 is 16.0 Å². The Kier molecular flexibility index (Phi) is 6.22. The Morgan fingerprint density at radius 1 is 1.30 bits per heavy atom. The fraction of sp³-hybridized carbons (Fsp3) is 0.615. The monoisotopic (exact) mass is 303 g/mol. The van der Waals surface area contributed by atoms with Crippen molar-refractivity contribution in [2.24, 2.45) is 0 Å². The summed E-state index contributed by atoms with van der Waals surface area (Å²) in [4.78, 5) is 10.7. The third-order valence-corrected chi connectivity index (χ3v) is 4.31. The number of hydrogen-bond donors (Lipinski definition) is 2. The molecular weight excluding hydrogens is 282 g/mol. The highest BCUT2D eigenvalue weighted by Gasteiger charge is 2.24. The van der Waals surface area contributed by atoms with Crippen molar-refractivity contribution in [1.29, 1.82) is 0 Å². The third kappa shape index (κ3) is 4.64. The van der Waals surface area contributed by atoms with Gasteiger partial charge in [0.25, 0.3) is 10.0 Å². The van der Waals surface area contributed by atoms with Crippen LogP contribution in [0.2, 0.25) is 0 Å². The number of sulfonamides is 1. The zero-order valence-electron chi connectivity index (χ0n) is 11.8. The molecule has 0 bridgehead atoms. The minimum Gasteiger partial charge on any atom is -0.475 e. The molecule has 20 heavy (non-hydrogen) atoms. The SMILES string of the molecule is CCCCC(CCC)NS(=O)(=O)c1ccc(C(=O)O)o1. The van der Waals surface area contributed by atoms with E-state index in [9.17, 15) is 13.2 Å². The second kappa shape index (κ2) is 7.44. The van der Waals surface area contributed by atoms with E-state index in [2.05, 4.69) is 4.72 Å². The van der Waals surface area contributed by atoms with Crippen molar-refractivity contribution in [3.05, 3.63) is 17.9 Å². The molecule has 2 N–H and O–H groups in total. The lowest BCUT2D eigenvalue weighted by Crippen LogP contribution is -2.34. The number of carboxylic acid groups (broad SMARTS) is 1. The van der Waals surface area contributed by atoms with Crippen molar-refractivity contribution < 1.29 is 22.7 Å². The summed E-state index contributed by atoms with van der Waals surface area (Å²) in [5.74, 6) is -1.67. The first-order valence-corrected chi connectivity index (χ1v) is 8.24. The van der Waals surface area contributed by atoms with Crippen LogP contribution >= 0.6 is 0 Å². The first kappa shape index (κ1) is 16.7. The summed E-state index contributed by atoms with van der Waals surface area (Å²) in [7, 11) is -3.80. The summed E-state index contributed by atoms with van der Waals surface area (Å²) < 4.78 is 31.7. The van der Waals surface area contributed by atoms with Crippen molar-refractivity contribution in [3.63, 3.8) is 0 Å². The van der Waals surface area contributed by atoms with Crippen LogP contribution in [0.1, 0.15) is 56.5 Å². The van der Waals surface area contributed by atoms with Gasteiger partial charge in [-0.15, -0.1) is 0 Å². The normalized spacial score (nSPS) is 13.3. The van der Waals surface area contributed by atoms with Crippen LogP contribution in [0.25, 0.3) is 0 Å². The molecule has 0 aromatic carbocycles. The molecule has 0 aliphatic rings. The highest BCUT2D eigenvalue weighted by molar-refractivity contribution is 7.89.